The van der Waals surface area contributed by atoms with Crippen LogP contribution in [0, 0.1) is 19.8 Å². The highest BCUT2D eigenvalue weighted by molar-refractivity contribution is 5.82. The molecule has 3 aromatic rings. The van der Waals surface area contributed by atoms with Gasteiger partial charge in [0.25, 0.3) is 0 Å². The number of rotatable bonds is 6. The Morgan fingerprint density at radius 3 is 2.77 bits per heavy atom. The first kappa shape index (κ1) is 16.6. The van der Waals surface area contributed by atoms with Gasteiger partial charge in [0.05, 0.1) is 18.5 Å². The van der Waals surface area contributed by atoms with Crippen LogP contribution in [0.2, 0.25) is 0 Å². The summed E-state index contributed by atoms with van der Waals surface area (Å²) in [5, 5.41) is 7.73. The van der Waals surface area contributed by atoms with Crippen molar-refractivity contribution in [2.75, 3.05) is 0 Å². The lowest BCUT2D eigenvalue weighted by atomic mass is 10.2. The third-order valence-electron chi connectivity index (χ3n) is 5.18. The van der Waals surface area contributed by atoms with E-state index in [-0.39, 0.29) is 17.7 Å². The van der Waals surface area contributed by atoms with Crippen molar-refractivity contribution in [3.05, 3.63) is 77.0 Å². The van der Waals surface area contributed by atoms with Gasteiger partial charge in [-0.2, -0.15) is 5.10 Å². The van der Waals surface area contributed by atoms with Gasteiger partial charge in [-0.15, -0.1) is 0 Å². The van der Waals surface area contributed by atoms with Crippen molar-refractivity contribution in [1.82, 2.24) is 15.1 Å². The highest BCUT2D eigenvalue weighted by Crippen LogP contribution is 2.47. The minimum absolute atomic E-state index is 0.0288. The second kappa shape index (κ2) is 6.83. The standard InChI is InChI=1S/C21H23N3O2/c1-14-19(15(2)24(23-14)13-16-7-4-3-5-8-16)12-22-21(25)18-11-17(18)20-9-6-10-26-20/h3-10,17-18H,11-13H2,1-2H3,(H,22,25)/t17-,18-/m0/s1. The molecule has 1 saturated carbocycles. The minimum Gasteiger partial charge on any atom is -0.469 e. The molecule has 26 heavy (non-hydrogen) atoms. The molecule has 2 heterocycles. The molecule has 1 aliphatic rings. The van der Waals surface area contributed by atoms with Gasteiger partial charge in [0.15, 0.2) is 0 Å². The highest BCUT2D eigenvalue weighted by Gasteiger charge is 2.45. The van der Waals surface area contributed by atoms with E-state index in [9.17, 15) is 4.79 Å². The quantitative estimate of drug-likeness (QED) is 0.740. The number of amides is 1. The number of benzene rings is 1. The third-order valence-corrected chi connectivity index (χ3v) is 5.18. The van der Waals surface area contributed by atoms with E-state index >= 15 is 0 Å². The Bertz CT molecular complexity index is 897. The summed E-state index contributed by atoms with van der Waals surface area (Å²) in [6.45, 7) is 5.32. The predicted molar refractivity (Wildman–Crippen MR) is 98.6 cm³/mol. The van der Waals surface area contributed by atoms with E-state index in [2.05, 4.69) is 29.5 Å². The van der Waals surface area contributed by atoms with Gasteiger partial charge in [-0.05, 0) is 38.0 Å². The average Bonchev–Trinajstić information content (AvgIpc) is 3.17. The van der Waals surface area contributed by atoms with Crippen molar-refractivity contribution < 1.29 is 9.21 Å². The summed E-state index contributed by atoms with van der Waals surface area (Å²) in [4.78, 5) is 12.4. The number of hydrogen-bond donors (Lipinski definition) is 1. The lowest BCUT2D eigenvalue weighted by molar-refractivity contribution is -0.122. The van der Waals surface area contributed by atoms with Crippen molar-refractivity contribution in [2.45, 2.75) is 39.3 Å². The summed E-state index contributed by atoms with van der Waals surface area (Å²) in [5.41, 5.74) is 4.39. The number of furan rings is 1. The maximum atomic E-state index is 12.4. The van der Waals surface area contributed by atoms with E-state index in [1.54, 1.807) is 6.26 Å². The van der Waals surface area contributed by atoms with Crippen molar-refractivity contribution >= 4 is 5.91 Å². The minimum atomic E-state index is 0.0288. The van der Waals surface area contributed by atoms with Crippen molar-refractivity contribution in [3.8, 4) is 0 Å². The summed E-state index contributed by atoms with van der Waals surface area (Å²) in [6.07, 6.45) is 2.53. The van der Waals surface area contributed by atoms with E-state index in [0.717, 1.165) is 35.7 Å². The summed E-state index contributed by atoms with van der Waals surface area (Å²) in [6, 6.07) is 14.1. The van der Waals surface area contributed by atoms with Crippen LogP contribution in [0.15, 0.2) is 53.1 Å². The van der Waals surface area contributed by atoms with Gasteiger partial charge in [0.1, 0.15) is 5.76 Å². The average molecular weight is 349 g/mol. The number of nitrogens with zero attached hydrogens (tertiary/aromatic N) is 2. The maximum Gasteiger partial charge on any atom is 0.224 e. The fourth-order valence-corrected chi connectivity index (χ4v) is 3.51. The molecule has 2 atom stereocenters. The smallest absolute Gasteiger partial charge is 0.224 e. The van der Waals surface area contributed by atoms with Crippen LogP contribution in [-0.4, -0.2) is 15.7 Å². The number of aryl methyl sites for hydroxylation is 1. The summed E-state index contributed by atoms with van der Waals surface area (Å²) >= 11 is 0. The molecule has 0 saturated heterocycles. The zero-order valence-corrected chi connectivity index (χ0v) is 15.1. The summed E-state index contributed by atoms with van der Waals surface area (Å²) in [5.74, 6) is 1.27. The molecule has 1 aliphatic carbocycles. The van der Waals surface area contributed by atoms with Crippen LogP contribution in [0.1, 0.15) is 40.6 Å². The normalized spacial score (nSPS) is 18.7. The molecule has 134 valence electrons. The molecule has 0 aliphatic heterocycles. The van der Waals surface area contributed by atoms with Crippen molar-refractivity contribution in [1.29, 1.82) is 0 Å². The van der Waals surface area contributed by atoms with E-state index in [1.807, 2.05) is 41.9 Å². The number of carbonyl (C=O) groups is 1. The van der Waals surface area contributed by atoms with Gasteiger partial charge < -0.3 is 9.73 Å². The maximum absolute atomic E-state index is 12.4. The van der Waals surface area contributed by atoms with Crippen LogP contribution in [0.3, 0.4) is 0 Å². The number of aromatic nitrogens is 2. The Labute approximate surface area is 153 Å². The van der Waals surface area contributed by atoms with Crippen molar-refractivity contribution in [3.63, 3.8) is 0 Å². The summed E-state index contributed by atoms with van der Waals surface area (Å²) in [7, 11) is 0. The van der Waals surface area contributed by atoms with Crippen molar-refractivity contribution in [2.24, 2.45) is 5.92 Å². The number of nitrogens with one attached hydrogen (secondary N) is 1. The number of hydrogen-bond acceptors (Lipinski definition) is 3. The molecule has 4 rings (SSSR count). The summed E-state index contributed by atoms with van der Waals surface area (Å²) < 4.78 is 7.41. The molecule has 0 spiro atoms. The van der Waals surface area contributed by atoms with Gasteiger partial charge >= 0.3 is 0 Å². The first-order valence-electron chi connectivity index (χ1n) is 9.01. The van der Waals surface area contributed by atoms with Gasteiger partial charge in [0, 0.05) is 29.6 Å². The lowest BCUT2D eigenvalue weighted by Crippen LogP contribution is -2.25. The lowest BCUT2D eigenvalue weighted by Gasteiger charge is -2.07. The van der Waals surface area contributed by atoms with Crippen LogP contribution >= 0.6 is 0 Å². The van der Waals surface area contributed by atoms with Gasteiger partial charge in [-0.25, -0.2) is 0 Å². The molecule has 1 fully saturated rings. The van der Waals surface area contributed by atoms with Crippen LogP contribution in [-0.2, 0) is 17.9 Å². The Morgan fingerprint density at radius 1 is 1.23 bits per heavy atom. The molecule has 0 unspecified atom stereocenters. The van der Waals surface area contributed by atoms with E-state index in [0.29, 0.717) is 6.54 Å². The SMILES string of the molecule is Cc1nn(Cc2ccccc2)c(C)c1CNC(=O)[C@H]1C[C@@H]1c1ccco1. The molecule has 1 N–H and O–H groups in total. The predicted octanol–water partition coefficient (Wildman–Crippen LogP) is 3.56. The van der Waals surface area contributed by atoms with E-state index in [4.69, 9.17) is 4.42 Å². The van der Waals surface area contributed by atoms with Gasteiger partial charge in [0.2, 0.25) is 5.91 Å². The zero-order chi connectivity index (χ0) is 18.1. The molecule has 1 aromatic carbocycles. The first-order chi connectivity index (χ1) is 12.6. The Morgan fingerprint density at radius 2 is 2.04 bits per heavy atom. The molecule has 5 heteroatoms. The number of carbonyl (C=O) groups excluding carboxylic acids is 1. The molecule has 0 radical (unpaired) electrons. The van der Waals surface area contributed by atoms with Gasteiger partial charge in [-0.1, -0.05) is 30.3 Å². The molecular weight excluding hydrogens is 326 g/mol. The molecule has 2 aromatic heterocycles. The monoisotopic (exact) mass is 349 g/mol. The van der Waals surface area contributed by atoms with E-state index < -0.39 is 0 Å². The molecule has 0 bridgehead atoms. The Kier molecular flexibility index (Phi) is 4.37. The molecule has 5 nitrogen and oxygen atoms in total. The second-order valence-electron chi connectivity index (χ2n) is 6.97. The Balaban J connectivity index is 1.39. The topological polar surface area (TPSA) is 60.1 Å². The van der Waals surface area contributed by atoms with Crippen LogP contribution < -0.4 is 5.32 Å². The van der Waals surface area contributed by atoms with E-state index in [1.165, 1.54) is 5.56 Å². The molecule has 1 amide bonds. The fraction of sp³-hybridized carbons (Fsp3) is 0.333. The van der Waals surface area contributed by atoms with Crippen LogP contribution in [0.25, 0.3) is 0 Å². The Hall–Kier alpha value is -2.82. The van der Waals surface area contributed by atoms with Crippen LogP contribution in [0.4, 0.5) is 0 Å². The largest absolute Gasteiger partial charge is 0.469 e. The zero-order valence-electron chi connectivity index (χ0n) is 15.1. The third kappa shape index (κ3) is 3.29. The first-order valence-corrected chi connectivity index (χ1v) is 9.01. The molecular formula is C21H23N3O2. The highest BCUT2D eigenvalue weighted by atomic mass is 16.3. The van der Waals surface area contributed by atoms with Gasteiger partial charge in [-0.3, -0.25) is 9.48 Å². The van der Waals surface area contributed by atoms with Crippen LogP contribution in [0.5, 0.6) is 0 Å². The fourth-order valence-electron chi connectivity index (χ4n) is 3.51. The second-order valence-corrected chi connectivity index (χ2v) is 6.97.